The number of rotatable bonds is 6. The number of unbranched alkanes of at least 4 members (excludes halogenated alkanes) is 1. The number of nitrogens with zero attached hydrogens (tertiary/aromatic N) is 3. The summed E-state index contributed by atoms with van der Waals surface area (Å²) in [5.74, 6) is 0. The zero-order valence-corrected chi connectivity index (χ0v) is 8.38. The molecule has 0 aromatic heterocycles. The number of hydrogen-bond acceptors (Lipinski definition) is 3. The first-order chi connectivity index (χ1) is 5.66. The summed E-state index contributed by atoms with van der Waals surface area (Å²) in [6, 6.07) is 2.15. The third kappa shape index (κ3) is 7.52. The lowest BCUT2D eigenvalue weighted by Crippen LogP contribution is -2.29. The molecule has 0 saturated heterocycles. The fourth-order valence-corrected chi connectivity index (χ4v) is 0.911. The Balaban J connectivity index is 3.22. The molecule has 0 aromatic rings. The summed E-state index contributed by atoms with van der Waals surface area (Å²) in [5, 5.41) is 8.32. The Morgan fingerprint density at radius 1 is 1.08 bits per heavy atom. The monoisotopic (exact) mass is 169 g/mol. The van der Waals surface area contributed by atoms with Crippen LogP contribution in [0.5, 0.6) is 0 Å². The molecule has 3 heteroatoms. The minimum atomic E-state index is 0.673. The molecule has 0 heterocycles. The molecule has 0 aliphatic carbocycles. The molecule has 0 saturated carbocycles. The van der Waals surface area contributed by atoms with Crippen molar-refractivity contribution >= 4 is 0 Å². The Bertz CT molecular complexity index is 137. The third-order valence-electron chi connectivity index (χ3n) is 1.76. The average Bonchev–Trinajstić information content (AvgIpc) is 2.01. The summed E-state index contributed by atoms with van der Waals surface area (Å²) >= 11 is 0. The Labute approximate surface area is 75.6 Å². The normalized spacial score (nSPS) is 10.7. The largest absolute Gasteiger partial charge is 0.308 e. The van der Waals surface area contributed by atoms with Crippen molar-refractivity contribution < 1.29 is 0 Å². The molecule has 70 valence electrons. The van der Waals surface area contributed by atoms with Crippen LogP contribution in [-0.2, 0) is 0 Å². The van der Waals surface area contributed by atoms with Gasteiger partial charge < -0.3 is 9.80 Å². The average molecular weight is 169 g/mol. The van der Waals surface area contributed by atoms with E-state index in [1.54, 1.807) is 0 Å². The lowest BCUT2D eigenvalue weighted by Gasteiger charge is -2.18. The van der Waals surface area contributed by atoms with E-state index < -0.39 is 0 Å². The van der Waals surface area contributed by atoms with Gasteiger partial charge in [0.1, 0.15) is 0 Å². The van der Waals surface area contributed by atoms with Crippen molar-refractivity contribution in [3.05, 3.63) is 0 Å². The quantitative estimate of drug-likeness (QED) is 0.551. The summed E-state index contributed by atoms with van der Waals surface area (Å²) in [4.78, 5) is 4.43. The highest BCUT2D eigenvalue weighted by Gasteiger charge is 1.97. The van der Waals surface area contributed by atoms with Crippen molar-refractivity contribution in [3.8, 4) is 6.07 Å². The molecule has 0 amide bonds. The Morgan fingerprint density at radius 2 is 1.75 bits per heavy atom. The molecular weight excluding hydrogens is 150 g/mol. The van der Waals surface area contributed by atoms with E-state index in [0.717, 1.165) is 26.1 Å². The molecule has 0 radical (unpaired) electrons. The molecular formula is C9H19N3. The summed E-state index contributed by atoms with van der Waals surface area (Å²) in [5.41, 5.74) is 0. The topological polar surface area (TPSA) is 30.3 Å². The SMILES string of the molecule is CN(C)CCN(C)CCCC#N. The predicted molar refractivity (Wildman–Crippen MR) is 50.9 cm³/mol. The second-order valence-electron chi connectivity index (χ2n) is 3.37. The summed E-state index contributed by atoms with van der Waals surface area (Å²) in [6.07, 6.45) is 1.66. The Hall–Kier alpha value is -0.590. The summed E-state index contributed by atoms with van der Waals surface area (Å²) in [7, 11) is 6.24. The van der Waals surface area contributed by atoms with E-state index in [2.05, 4.69) is 37.0 Å². The van der Waals surface area contributed by atoms with Crippen molar-refractivity contribution in [1.82, 2.24) is 9.80 Å². The minimum Gasteiger partial charge on any atom is -0.308 e. The smallest absolute Gasteiger partial charge is 0.0622 e. The molecule has 0 rings (SSSR count). The van der Waals surface area contributed by atoms with E-state index in [9.17, 15) is 0 Å². The van der Waals surface area contributed by atoms with Crippen LogP contribution in [-0.4, -0.2) is 50.6 Å². The van der Waals surface area contributed by atoms with Gasteiger partial charge in [-0.2, -0.15) is 5.26 Å². The minimum absolute atomic E-state index is 0.673. The van der Waals surface area contributed by atoms with Crippen LogP contribution in [0.3, 0.4) is 0 Å². The maximum Gasteiger partial charge on any atom is 0.0622 e. The first-order valence-electron chi connectivity index (χ1n) is 4.37. The third-order valence-corrected chi connectivity index (χ3v) is 1.76. The second kappa shape index (κ2) is 7.08. The van der Waals surface area contributed by atoms with Crippen molar-refractivity contribution in [3.63, 3.8) is 0 Å². The highest BCUT2D eigenvalue weighted by atomic mass is 15.1. The molecule has 0 N–H and O–H groups in total. The van der Waals surface area contributed by atoms with Gasteiger partial charge in [0.05, 0.1) is 6.07 Å². The fourth-order valence-electron chi connectivity index (χ4n) is 0.911. The van der Waals surface area contributed by atoms with Crippen LogP contribution in [0.4, 0.5) is 0 Å². The van der Waals surface area contributed by atoms with Gasteiger partial charge in [-0.15, -0.1) is 0 Å². The van der Waals surface area contributed by atoms with Crippen LogP contribution in [0.1, 0.15) is 12.8 Å². The maximum atomic E-state index is 8.32. The first-order valence-corrected chi connectivity index (χ1v) is 4.37. The molecule has 0 bridgehead atoms. The van der Waals surface area contributed by atoms with Crippen molar-refractivity contribution in [2.45, 2.75) is 12.8 Å². The molecule has 12 heavy (non-hydrogen) atoms. The van der Waals surface area contributed by atoms with Gasteiger partial charge in [-0.25, -0.2) is 0 Å². The number of likely N-dealkylation sites (N-methyl/N-ethyl adjacent to an activating group) is 2. The zero-order valence-electron chi connectivity index (χ0n) is 8.38. The van der Waals surface area contributed by atoms with Gasteiger partial charge >= 0.3 is 0 Å². The fraction of sp³-hybridized carbons (Fsp3) is 0.889. The zero-order chi connectivity index (χ0) is 9.40. The molecule has 0 spiro atoms. The predicted octanol–water partition coefficient (Wildman–Crippen LogP) is 0.784. The van der Waals surface area contributed by atoms with Gasteiger partial charge in [-0.05, 0) is 34.1 Å². The van der Waals surface area contributed by atoms with Crippen molar-refractivity contribution in [2.75, 3.05) is 40.8 Å². The van der Waals surface area contributed by atoms with Crippen LogP contribution in [0.25, 0.3) is 0 Å². The van der Waals surface area contributed by atoms with E-state index in [1.807, 2.05) is 0 Å². The van der Waals surface area contributed by atoms with Crippen molar-refractivity contribution in [1.29, 1.82) is 5.26 Å². The second-order valence-corrected chi connectivity index (χ2v) is 3.37. The van der Waals surface area contributed by atoms with E-state index in [4.69, 9.17) is 5.26 Å². The van der Waals surface area contributed by atoms with Crippen LogP contribution in [0, 0.1) is 11.3 Å². The number of nitriles is 1. The molecule has 0 aliphatic heterocycles. The van der Waals surface area contributed by atoms with E-state index in [1.165, 1.54) is 0 Å². The number of hydrogen-bond donors (Lipinski definition) is 0. The van der Waals surface area contributed by atoms with Crippen molar-refractivity contribution in [2.24, 2.45) is 0 Å². The van der Waals surface area contributed by atoms with Crippen LogP contribution in [0.15, 0.2) is 0 Å². The lowest BCUT2D eigenvalue weighted by atomic mass is 10.3. The van der Waals surface area contributed by atoms with E-state index in [0.29, 0.717) is 6.42 Å². The summed E-state index contributed by atoms with van der Waals surface area (Å²) in [6.45, 7) is 3.20. The van der Waals surface area contributed by atoms with Gasteiger partial charge in [0.2, 0.25) is 0 Å². The molecule has 0 fully saturated rings. The van der Waals surface area contributed by atoms with E-state index in [-0.39, 0.29) is 0 Å². The molecule has 3 nitrogen and oxygen atoms in total. The Kier molecular flexibility index (Phi) is 6.73. The van der Waals surface area contributed by atoms with Crippen LogP contribution in [0.2, 0.25) is 0 Å². The van der Waals surface area contributed by atoms with Crippen LogP contribution < -0.4 is 0 Å². The highest BCUT2D eigenvalue weighted by Crippen LogP contribution is 1.91. The van der Waals surface area contributed by atoms with Gasteiger partial charge in [0, 0.05) is 19.5 Å². The summed E-state index contributed by atoms with van der Waals surface area (Å²) < 4.78 is 0. The molecule has 0 aliphatic rings. The molecule has 0 atom stereocenters. The Morgan fingerprint density at radius 3 is 2.25 bits per heavy atom. The van der Waals surface area contributed by atoms with Gasteiger partial charge in [0.15, 0.2) is 0 Å². The highest BCUT2D eigenvalue weighted by molar-refractivity contribution is 4.69. The lowest BCUT2D eigenvalue weighted by molar-refractivity contribution is 0.280. The first kappa shape index (κ1) is 11.4. The van der Waals surface area contributed by atoms with Gasteiger partial charge in [-0.1, -0.05) is 0 Å². The van der Waals surface area contributed by atoms with Gasteiger partial charge in [0.25, 0.3) is 0 Å². The van der Waals surface area contributed by atoms with Crippen LogP contribution >= 0.6 is 0 Å². The molecule has 0 unspecified atom stereocenters. The van der Waals surface area contributed by atoms with E-state index >= 15 is 0 Å². The standard InChI is InChI=1S/C9H19N3/c1-11(2)8-9-12(3)7-5-4-6-10/h4-5,7-9H2,1-3H3. The van der Waals surface area contributed by atoms with Gasteiger partial charge in [-0.3, -0.25) is 0 Å². The maximum absolute atomic E-state index is 8.32. The molecule has 0 aromatic carbocycles.